The van der Waals surface area contributed by atoms with Crippen LogP contribution < -0.4 is 5.32 Å². The molecule has 0 aromatic carbocycles. The molecule has 2 heterocycles. The molecule has 1 aliphatic heterocycles. The molecule has 2 unspecified atom stereocenters. The Morgan fingerprint density at radius 3 is 3.11 bits per heavy atom. The maximum absolute atomic E-state index is 4.18. The largest absolute Gasteiger partial charge is 0.311 e. The maximum Gasteiger partial charge on any atom is 0.0300 e. The number of hydrogen-bond acceptors (Lipinski definition) is 3. The number of piperazine rings is 1. The third-order valence-electron chi connectivity index (χ3n) is 3.83. The minimum absolute atomic E-state index is 0.648. The maximum atomic E-state index is 4.18. The Morgan fingerprint density at radius 2 is 2.39 bits per heavy atom. The molecule has 0 spiro atoms. The van der Waals surface area contributed by atoms with Gasteiger partial charge in [-0.05, 0) is 31.4 Å². The van der Waals surface area contributed by atoms with Crippen molar-refractivity contribution >= 4 is 0 Å². The van der Waals surface area contributed by atoms with Crippen LogP contribution in [-0.4, -0.2) is 41.6 Å². The lowest BCUT2D eigenvalue weighted by Crippen LogP contribution is -2.55. The van der Waals surface area contributed by atoms with E-state index in [1.807, 2.05) is 18.5 Å². The first-order chi connectivity index (χ1) is 8.79. The molecule has 0 saturated carbocycles. The van der Waals surface area contributed by atoms with Gasteiger partial charge in [0.15, 0.2) is 0 Å². The summed E-state index contributed by atoms with van der Waals surface area (Å²) in [6.07, 6.45) is 7.49. The highest BCUT2D eigenvalue weighted by atomic mass is 15.2. The number of rotatable bonds is 5. The van der Waals surface area contributed by atoms with E-state index in [0.717, 1.165) is 19.5 Å². The SMILES string of the molecule is CCCC1CN(CCc2cccnc2)C(C)CN1. The second-order valence-electron chi connectivity index (χ2n) is 5.35. The zero-order chi connectivity index (χ0) is 12.8. The van der Waals surface area contributed by atoms with Crippen molar-refractivity contribution in [3.8, 4) is 0 Å². The number of hydrogen-bond donors (Lipinski definition) is 1. The molecular weight excluding hydrogens is 222 g/mol. The van der Waals surface area contributed by atoms with Crippen LogP contribution in [0.3, 0.4) is 0 Å². The fourth-order valence-corrected chi connectivity index (χ4v) is 2.67. The van der Waals surface area contributed by atoms with Gasteiger partial charge in [0, 0.05) is 44.1 Å². The first kappa shape index (κ1) is 13.5. The van der Waals surface area contributed by atoms with Crippen LogP contribution in [0.1, 0.15) is 32.3 Å². The molecular formula is C15H25N3. The third-order valence-corrected chi connectivity index (χ3v) is 3.83. The van der Waals surface area contributed by atoms with E-state index < -0.39 is 0 Å². The molecule has 0 bridgehead atoms. The topological polar surface area (TPSA) is 28.2 Å². The van der Waals surface area contributed by atoms with E-state index >= 15 is 0 Å². The van der Waals surface area contributed by atoms with Crippen molar-refractivity contribution in [3.05, 3.63) is 30.1 Å². The summed E-state index contributed by atoms with van der Waals surface area (Å²) in [6.45, 7) is 8.04. The summed E-state index contributed by atoms with van der Waals surface area (Å²) in [7, 11) is 0. The molecule has 1 fully saturated rings. The van der Waals surface area contributed by atoms with Crippen molar-refractivity contribution < 1.29 is 0 Å². The van der Waals surface area contributed by atoms with Gasteiger partial charge in [0.05, 0.1) is 0 Å². The Kier molecular flexibility index (Phi) is 5.14. The Hall–Kier alpha value is -0.930. The van der Waals surface area contributed by atoms with Crippen LogP contribution in [0.2, 0.25) is 0 Å². The zero-order valence-corrected chi connectivity index (χ0v) is 11.6. The van der Waals surface area contributed by atoms with Crippen LogP contribution >= 0.6 is 0 Å². The Labute approximate surface area is 111 Å². The molecule has 0 amide bonds. The monoisotopic (exact) mass is 247 g/mol. The van der Waals surface area contributed by atoms with E-state index in [2.05, 4.69) is 35.1 Å². The van der Waals surface area contributed by atoms with E-state index in [1.54, 1.807) is 0 Å². The van der Waals surface area contributed by atoms with Crippen LogP contribution in [0.15, 0.2) is 24.5 Å². The quantitative estimate of drug-likeness (QED) is 0.863. The van der Waals surface area contributed by atoms with Gasteiger partial charge >= 0.3 is 0 Å². The van der Waals surface area contributed by atoms with Gasteiger partial charge in [-0.2, -0.15) is 0 Å². The highest BCUT2D eigenvalue weighted by Crippen LogP contribution is 2.11. The van der Waals surface area contributed by atoms with Gasteiger partial charge in [-0.3, -0.25) is 9.88 Å². The first-order valence-electron chi connectivity index (χ1n) is 7.16. The molecule has 1 N–H and O–H groups in total. The molecule has 2 atom stereocenters. The fraction of sp³-hybridized carbons (Fsp3) is 0.667. The number of nitrogens with one attached hydrogen (secondary N) is 1. The van der Waals surface area contributed by atoms with Crippen LogP contribution in [0.5, 0.6) is 0 Å². The zero-order valence-electron chi connectivity index (χ0n) is 11.6. The smallest absolute Gasteiger partial charge is 0.0300 e. The Morgan fingerprint density at radius 1 is 1.50 bits per heavy atom. The van der Waals surface area contributed by atoms with Crippen LogP contribution in [0.4, 0.5) is 0 Å². The van der Waals surface area contributed by atoms with Gasteiger partial charge in [0.1, 0.15) is 0 Å². The second-order valence-corrected chi connectivity index (χ2v) is 5.35. The van der Waals surface area contributed by atoms with Gasteiger partial charge in [-0.1, -0.05) is 19.4 Å². The Bertz CT molecular complexity index is 339. The van der Waals surface area contributed by atoms with Gasteiger partial charge in [-0.15, -0.1) is 0 Å². The average molecular weight is 247 g/mol. The predicted molar refractivity (Wildman–Crippen MR) is 75.7 cm³/mol. The van der Waals surface area contributed by atoms with Crippen LogP contribution in [-0.2, 0) is 6.42 Å². The van der Waals surface area contributed by atoms with Crippen molar-refractivity contribution in [2.24, 2.45) is 0 Å². The lowest BCUT2D eigenvalue weighted by Gasteiger charge is -2.38. The minimum atomic E-state index is 0.648. The summed E-state index contributed by atoms with van der Waals surface area (Å²) in [5.74, 6) is 0. The summed E-state index contributed by atoms with van der Waals surface area (Å²) < 4.78 is 0. The number of aromatic nitrogens is 1. The summed E-state index contributed by atoms with van der Waals surface area (Å²) in [5, 5.41) is 3.64. The molecule has 2 rings (SSSR count). The van der Waals surface area contributed by atoms with Crippen molar-refractivity contribution in [2.45, 2.75) is 45.2 Å². The van der Waals surface area contributed by atoms with Gasteiger partial charge in [0.2, 0.25) is 0 Å². The predicted octanol–water partition coefficient (Wildman–Crippen LogP) is 2.09. The highest BCUT2D eigenvalue weighted by Gasteiger charge is 2.23. The Balaban J connectivity index is 1.83. The van der Waals surface area contributed by atoms with E-state index in [9.17, 15) is 0 Å². The molecule has 18 heavy (non-hydrogen) atoms. The standard InChI is InChI=1S/C15H25N3/c1-3-5-15-12-18(13(2)10-17-15)9-7-14-6-4-8-16-11-14/h4,6,8,11,13,15,17H,3,5,7,9-10,12H2,1-2H3. The number of nitrogens with zero attached hydrogens (tertiary/aromatic N) is 2. The lowest BCUT2D eigenvalue weighted by molar-refractivity contribution is 0.138. The summed E-state index contributed by atoms with van der Waals surface area (Å²) >= 11 is 0. The van der Waals surface area contributed by atoms with Crippen molar-refractivity contribution in [3.63, 3.8) is 0 Å². The van der Waals surface area contributed by atoms with E-state index in [-0.39, 0.29) is 0 Å². The van der Waals surface area contributed by atoms with Gasteiger partial charge in [0.25, 0.3) is 0 Å². The van der Waals surface area contributed by atoms with E-state index in [4.69, 9.17) is 0 Å². The summed E-state index contributed by atoms with van der Waals surface area (Å²) in [6, 6.07) is 5.52. The van der Waals surface area contributed by atoms with E-state index in [1.165, 1.54) is 24.9 Å². The summed E-state index contributed by atoms with van der Waals surface area (Å²) in [5.41, 5.74) is 1.34. The highest BCUT2D eigenvalue weighted by molar-refractivity contribution is 5.08. The molecule has 1 aromatic rings. The van der Waals surface area contributed by atoms with E-state index in [0.29, 0.717) is 12.1 Å². The molecule has 0 aliphatic carbocycles. The lowest BCUT2D eigenvalue weighted by atomic mass is 10.1. The average Bonchev–Trinajstić information content (AvgIpc) is 2.41. The summed E-state index contributed by atoms with van der Waals surface area (Å²) in [4.78, 5) is 6.80. The van der Waals surface area contributed by atoms with Crippen LogP contribution in [0, 0.1) is 0 Å². The van der Waals surface area contributed by atoms with Crippen molar-refractivity contribution in [2.75, 3.05) is 19.6 Å². The molecule has 1 aliphatic rings. The van der Waals surface area contributed by atoms with Gasteiger partial charge in [-0.25, -0.2) is 0 Å². The first-order valence-corrected chi connectivity index (χ1v) is 7.16. The fourth-order valence-electron chi connectivity index (χ4n) is 2.67. The van der Waals surface area contributed by atoms with Crippen molar-refractivity contribution in [1.82, 2.24) is 15.2 Å². The molecule has 100 valence electrons. The molecule has 1 aromatic heterocycles. The van der Waals surface area contributed by atoms with Crippen LogP contribution in [0.25, 0.3) is 0 Å². The molecule has 1 saturated heterocycles. The minimum Gasteiger partial charge on any atom is -0.311 e. The second kappa shape index (κ2) is 6.86. The third kappa shape index (κ3) is 3.79. The van der Waals surface area contributed by atoms with Gasteiger partial charge < -0.3 is 5.32 Å². The molecule has 0 radical (unpaired) electrons. The normalized spacial score (nSPS) is 25.2. The molecule has 3 nitrogen and oxygen atoms in total. The number of pyridine rings is 1. The van der Waals surface area contributed by atoms with Crippen molar-refractivity contribution in [1.29, 1.82) is 0 Å². The molecule has 3 heteroatoms.